The molecule has 0 amide bonds. The van der Waals surface area contributed by atoms with Crippen LogP contribution >= 0.6 is 15.9 Å². The molecule has 1 rings (SSSR count). The molecule has 0 unspecified atom stereocenters. The third-order valence-electron chi connectivity index (χ3n) is 3.06. The van der Waals surface area contributed by atoms with Crippen LogP contribution in [0.2, 0.25) is 0 Å². The Labute approximate surface area is 126 Å². The molecule has 0 aliphatic heterocycles. The third-order valence-corrected chi connectivity index (χ3v) is 3.67. The molecule has 0 atom stereocenters. The van der Waals surface area contributed by atoms with Crippen LogP contribution in [0, 0.1) is 11.3 Å². The Hall–Kier alpha value is -0.540. The van der Waals surface area contributed by atoms with Crippen LogP contribution in [-0.4, -0.2) is 20.2 Å². The van der Waals surface area contributed by atoms with E-state index >= 15 is 0 Å². The normalized spacial score (nSPS) is 11.9. The van der Waals surface area contributed by atoms with Gasteiger partial charge in [-0.15, -0.1) is 0 Å². The summed E-state index contributed by atoms with van der Waals surface area (Å²) in [5.74, 6) is 1.59. The van der Waals surface area contributed by atoms with Gasteiger partial charge in [0.15, 0.2) is 0 Å². The second-order valence-electron chi connectivity index (χ2n) is 6.33. The summed E-state index contributed by atoms with van der Waals surface area (Å²) >= 11 is 3.55. The van der Waals surface area contributed by atoms with Crippen molar-refractivity contribution in [1.82, 2.24) is 5.32 Å². The van der Waals surface area contributed by atoms with Gasteiger partial charge in [-0.1, -0.05) is 33.8 Å². The molecule has 0 aromatic heterocycles. The quantitative estimate of drug-likeness (QED) is 0.807. The second kappa shape index (κ2) is 7.30. The zero-order chi connectivity index (χ0) is 14.5. The molecule has 3 heteroatoms. The summed E-state index contributed by atoms with van der Waals surface area (Å²) in [6.45, 7) is 11.2. The van der Waals surface area contributed by atoms with E-state index in [1.165, 1.54) is 5.56 Å². The summed E-state index contributed by atoms with van der Waals surface area (Å²) < 4.78 is 6.29. The molecule has 19 heavy (non-hydrogen) atoms. The first-order chi connectivity index (χ1) is 8.84. The van der Waals surface area contributed by atoms with Crippen molar-refractivity contribution in [3.8, 4) is 5.75 Å². The Kier molecular flexibility index (Phi) is 6.34. The average molecular weight is 328 g/mol. The smallest absolute Gasteiger partial charge is 0.133 e. The molecule has 0 radical (unpaired) electrons. The molecule has 0 spiro atoms. The lowest BCUT2D eigenvalue weighted by Gasteiger charge is -2.26. The summed E-state index contributed by atoms with van der Waals surface area (Å²) in [5.41, 5.74) is 1.59. The SMILES string of the molecule is COc1ccc(CC(C)(C)CNCC(C)C)cc1Br. The van der Waals surface area contributed by atoms with Gasteiger partial charge in [-0.2, -0.15) is 0 Å². The number of nitrogens with one attached hydrogen (secondary N) is 1. The Bertz CT molecular complexity index is 402. The minimum atomic E-state index is 0.253. The molecule has 0 aliphatic carbocycles. The molecule has 0 saturated heterocycles. The highest BCUT2D eigenvalue weighted by atomic mass is 79.9. The molecule has 0 bridgehead atoms. The van der Waals surface area contributed by atoms with E-state index in [0.717, 1.165) is 29.7 Å². The van der Waals surface area contributed by atoms with Gasteiger partial charge in [0, 0.05) is 6.54 Å². The maximum Gasteiger partial charge on any atom is 0.133 e. The van der Waals surface area contributed by atoms with Gasteiger partial charge in [0.05, 0.1) is 11.6 Å². The van der Waals surface area contributed by atoms with E-state index < -0.39 is 0 Å². The number of methoxy groups -OCH3 is 1. The van der Waals surface area contributed by atoms with Gasteiger partial charge in [0.1, 0.15) is 5.75 Å². The first kappa shape index (κ1) is 16.5. The van der Waals surface area contributed by atoms with Gasteiger partial charge < -0.3 is 10.1 Å². The maximum absolute atomic E-state index is 5.26. The maximum atomic E-state index is 5.26. The van der Waals surface area contributed by atoms with Crippen molar-refractivity contribution in [2.75, 3.05) is 20.2 Å². The van der Waals surface area contributed by atoms with Crippen molar-refractivity contribution in [3.63, 3.8) is 0 Å². The van der Waals surface area contributed by atoms with E-state index in [2.05, 4.69) is 61.1 Å². The summed E-state index contributed by atoms with van der Waals surface area (Å²) in [6, 6.07) is 6.33. The van der Waals surface area contributed by atoms with Crippen LogP contribution < -0.4 is 10.1 Å². The van der Waals surface area contributed by atoms with Gasteiger partial charge >= 0.3 is 0 Å². The monoisotopic (exact) mass is 327 g/mol. The minimum absolute atomic E-state index is 0.253. The molecule has 2 nitrogen and oxygen atoms in total. The van der Waals surface area contributed by atoms with E-state index in [1.807, 2.05) is 6.07 Å². The number of ether oxygens (including phenoxy) is 1. The highest BCUT2D eigenvalue weighted by molar-refractivity contribution is 9.10. The fourth-order valence-corrected chi connectivity index (χ4v) is 2.72. The highest BCUT2D eigenvalue weighted by Gasteiger charge is 2.18. The zero-order valence-electron chi connectivity index (χ0n) is 12.7. The molecule has 108 valence electrons. The average Bonchev–Trinajstić information content (AvgIpc) is 2.27. The lowest BCUT2D eigenvalue weighted by atomic mass is 9.85. The van der Waals surface area contributed by atoms with Crippen LogP contribution in [0.25, 0.3) is 0 Å². The van der Waals surface area contributed by atoms with Gasteiger partial charge in [-0.25, -0.2) is 0 Å². The Morgan fingerprint density at radius 3 is 2.53 bits per heavy atom. The fourth-order valence-electron chi connectivity index (χ4n) is 2.13. The number of rotatable bonds is 7. The summed E-state index contributed by atoms with van der Waals surface area (Å²) in [5, 5.41) is 3.55. The lowest BCUT2D eigenvalue weighted by molar-refractivity contribution is 0.330. The molecule has 0 fully saturated rings. The molecular weight excluding hydrogens is 302 g/mol. The van der Waals surface area contributed by atoms with Gasteiger partial charge in [-0.05, 0) is 57.9 Å². The molecule has 0 saturated carbocycles. The standard InChI is InChI=1S/C16H26BrNO/c1-12(2)10-18-11-16(3,4)9-13-6-7-15(19-5)14(17)8-13/h6-8,12,18H,9-11H2,1-5H3. The molecule has 1 aromatic rings. The predicted molar refractivity (Wildman–Crippen MR) is 85.9 cm³/mol. The Balaban J connectivity index is 2.59. The predicted octanol–water partition coefficient (Wildman–Crippen LogP) is 4.27. The van der Waals surface area contributed by atoms with Crippen molar-refractivity contribution in [2.45, 2.75) is 34.1 Å². The third kappa shape index (κ3) is 5.96. The van der Waals surface area contributed by atoms with Gasteiger partial charge in [0.25, 0.3) is 0 Å². The summed E-state index contributed by atoms with van der Waals surface area (Å²) in [4.78, 5) is 0. The number of halogens is 1. The largest absolute Gasteiger partial charge is 0.496 e. The van der Waals surface area contributed by atoms with Gasteiger partial charge in [-0.3, -0.25) is 0 Å². The van der Waals surface area contributed by atoms with Crippen LogP contribution in [0.1, 0.15) is 33.3 Å². The minimum Gasteiger partial charge on any atom is -0.496 e. The van der Waals surface area contributed by atoms with E-state index in [4.69, 9.17) is 4.74 Å². The van der Waals surface area contributed by atoms with E-state index in [-0.39, 0.29) is 5.41 Å². The van der Waals surface area contributed by atoms with Crippen molar-refractivity contribution in [2.24, 2.45) is 11.3 Å². The number of hydrogen-bond donors (Lipinski definition) is 1. The van der Waals surface area contributed by atoms with Crippen molar-refractivity contribution in [3.05, 3.63) is 28.2 Å². The molecule has 0 aliphatic rings. The first-order valence-corrected chi connectivity index (χ1v) is 7.66. The highest BCUT2D eigenvalue weighted by Crippen LogP contribution is 2.29. The van der Waals surface area contributed by atoms with Crippen LogP contribution in [0.5, 0.6) is 5.75 Å². The van der Waals surface area contributed by atoms with Gasteiger partial charge in [0.2, 0.25) is 0 Å². The lowest BCUT2D eigenvalue weighted by Crippen LogP contribution is -2.33. The molecule has 0 heterocycles. The van der Waals surface area contributed by atoms with Crippen LogP contribution in [0.15, 0.2) is 22.7 Å². The van der Waals surface area contributed by atoms with Crippen molar-refractivity contribution in [1.29, 1.82) is 0 Å². The zero-order valence-corrected chi connectivity index (χ0v) is 14.3. The Morgan fingerprint density at radius 2 is 2.00 bits per heavy atom. The second-order valence-corrected chi connectivity index (χ2v) is 7.19. The summed E-state index contributed by atoms with van der Waals surface area (Å²) in [7, 11) is 1.69. The molecular formula is C16H26BrNO. The van der Waals surface area contributed by atoms with Crippen LogP contribution in [0.3, 0.4) is 0 Å². The number of benzene rings is 1. The Morgan fingerprint density at radius 1 is 1.32 bits per heavy atom. The number of hydrogen-bond acceptors (Lipinski definition) is 2. The molecule has 1 N–H and O–H groups in total. The fraction of sp³-hybridized carbons (Fsp3) is 0.625. The molecule has 1 aromatic carbocycles. The van der Waals surface area contributed by atoms with E-state index in [0.29, 0.717) is 5.92 Å². The summed E-state index contributed by atoms with van der Waals surface area (Å²) in [6.07, 6.45) is 1.06. The van der Waals surface area contributed by atoms with E-state index in [9.17, 15) is 0 Å². The van der Waals surface area contributed by atoms with Crippen LogP contribution in [-0.2, 0) is 6.42 Å². The topological polar surface area (TPSA) is 21.3 Å². The van der Waals surface area contributed by atoms with Crippen molar-refractivity contribution >= 4 is 15.9 Å². The van der Waals surface area contributed by atoms with Crippen LogP contribution in [0.4, 0.5) is 0 Å². The van der Waals surface area contributed by atoms with E-state index in [1.54, 1.807) is 7.11 Å². The first-order valence-electron chi connectivity index (χ1n) is 6.87. The van der Waals surface area contributed by atoms with Crippen molar-refractivity contribution < 1.29 is 4.74 Å².